The lowest BCUT2D eigenvalue weighted by Crippen LogP contribution is -2.33. The number of esters is 1. The average Bonchev–Trinajstić information content (AvgIpc) is 2.63. The molecule has 0 bridgehead atoms. The number of ether oxygens (including phenoxy) is 1. The van der Waals surface area contributed by atoms with Crippen LogP contribution in [-0.4, -0.2) is 29.3 Å². The van der Waals surface area contributed by atoms with Gasteiger partial charge in [0, 0.05) is 5.57 Å². The van der Waals surface area contributed by atoms with Crippen LogP contribution in [-0.2, 0) is 14.3 Å². The van der Waals surface area contributed by atoms with Gasteiger partial charge >= 0.3 is 18.1 Å². The van der Waals surface area contributed by atoms with Gasteiger partial charge in [0.2, 0.25) is 0 Å². The van der Waals surface area contributed by atoms with E-state index in [9.17, 15) is 22.8 Å². The van der Waals surface area contributed by atoms with Crippen molar-refractivity contribution in [1.29, 1.82) is 0 Å². The zero-order chi connectivity index (χ0) is 13.9. The van der Waals surface area contributed by atoms with Gasteiger partial charge in [-0.25, -0.2) is 4.79 Å². The fourth-order valence-corrected chi connectivity index (χ4v) is 1.92. The van der Waals surface area contributed by atoms with Gasteiger partial charge in [-0.15, -0.1) is 0 Å². The van der Waals surface area contributed by atoms with Gasteiger partial charge in [-0.05, 0) is 19.3 Å². The number of aliphatic carboxylic acids is 1. The summed E-state index contributed by atoms with van der Waals surface area (Å²) in [5, 5.41) is 8.43. The molecule has 1 aliphatic rings. The average molecular weight is 266 g/mol. The molecule has 0 spiro atoms. The molecule has 1 N–H and O–H groups in total. The van der Waals surface area contributed by atoms with Gasteiger partial charge < -0.3 is 9.84 Å². The lowest BCUT2D eigenvalue weighted by atomic mass is 10.1. The summed E-state index contributed by atoms with van der Waals surface area (Å²) < 4.78 is 42.4. The number of alkyl halides is 3. The molecule has 1 aliphatic carbocycles. The number of halogens is 3. The van der Waals surface area contributed by atoms with Gasteiger partial charge in [-0.1, -0.05) is 6.58 Å². The Balaban J connectivity index is 2.59. The molecule has 0 saturated heterocycles. The minimum absolute atomic E-state index is 0.0765. The van der Waals surface area contributed by atoms with Crippen LogP contribution < -0.4 is 0 Å². The Morgan fingerprint density at radius 1 is 1.33 bits per heavy atom. The second-order valence-corrected chi connectivity index (χ2v) is 4.20. The molecule has 7 heteroatoms. The normalized spacial score (nSPS) is 23.7. The molecule has 0 aromatic rings. The summed E-state index contributed by atoms with van der Waals surface area (Å²) in [7, 11) is 0. The van der Waals surface area contributed by atoms with E-state index in [0.29, 0.717) is 6.42 Å². The predicted octanol–water partition coefficient (Wildman–Crippen LogP) is 2.29. The van der Waals surface area contributed by atoms with Crippen LogP contribution in [0.15, 0.2) is 12.2 Å². The van der Waals surface area contributed by atoms with Gasteiger partial charge in [-0.2, -0.15) is 13.2 Å². The first-order chi connectivity index (χ1) is 8.21. The number of hydrogen-bond donors (Lipinski definition) is 1. The van der Waals surface area contributed by atoms with E-state index in [-0.39, 0.29) is 18.4 Å². The number of carboxylic acids is 1. The highest BCUT2D eigenvalue weighted by Gasteiger charge is 2.48. The summed E-state index contributed by atoms with van der Waals surface area (Å²) >= 11 is 0. The molecule has 0 aliphatic heterocycles. The highest BCUT2D eigenvalue weighted by atomic mass is 19.4. The highest BCUT2D eigenvalue weighted by Crippen LogP contribution is 2.40. The first-order valence-corrected chi connectivity index (χ1v) is 5.39. The molecule has 0 heterocycles. The van der Waals surface area contributed by atoms with E-state index in [1.54, 1.807) is 0 Å². The maximum absolute atomic E-state index is 12.6. The first kappa shape index (κ1) is 14.5. The molecule has 4 nitrogen and oxygen atoms in total. The predicted molar refractivity (Wildman–Crippen MR) is 54.7 cm³/mol. The van der Waals surface area contributed by atoms with Crippen LogP contribution in [0.2, 0.25) is 0 Å². The first-order valence-electron chi connectivity index (χ1n) is 5.39. The number of rotatable bonds is 4. The highest BCUT2D eigenvalue weighted by molar-refractivity contribution is 5.92. The topological polar surface area (TPSA) is 63.6 Å². The smallest absolute Gasteiger partial charge is 0.395 e. The number of carboxylic acid groups (broad SMARTS) is 1. The van der Waals surface area contributed by atoms with E-state index in [2.05, 4.69) is 6.58 Å². The fraction of sp³-hybridized carbons (Fsp3) is 0.636. The van der Waals surface area contributed by atoms with Crippen molar-refractivity contribution in [2.45, 2.75) is 38.0 Å². The molecule has 2 atom stereocenters. The summed E-state index contributed by atoms with van der Waals surface area (Å²) in [5.41, 5.74) is -0.352. The fourth-order valence-electron chi connectivity index (χ4n) is 1.92. The molecule has 0 radical (unpaired) electrons. The molecule has 0 aromatic carbocycles. The van der Waals surface area contributed by atoms with Crippen molar-refractivity contribution >= 4 is 11.9 Å². The second kappa shape index (κ2) is 5.41. The van der Waals surface area contributed by atoms with Gasteiger partial charge in [0.25, 0.3) is 0 Å². The largest absolute Gasteiger partial charge is 0.481 e. The summed E-state index contributed by atoms with van der Waals surface area (Å²) in [4.78, 5) is 21.7. The van der Waals surface area contributed by atoms with Crippen LogP contribution in [0.4, 0.5) is 13.2 Å². The van der Waals surface area contributed by atoms with Gasteiger partial charge in [0.15, 0.2) is 0 Å². The molecular formula is C11H13F3O4. The Kier molecular flexibility index (Phi) is 4.37. The second-order valence-electron chi connectivity index (χ2n) is 4.20. The maximum atomic E-state index is 12.6. The lowest BCUT2D eigenvalue weighted by Gasteiger charge is -2.22. The quantitative estimate of drug-likeness (QED) is 0.626. The third kappa shape index (κ3) is 3.75. The monoisotopic (exact) mass is 266 g/mol. The number of carbonyl (C=O) groups is 2. The molecule has 0 aromatic heterocycles. The SMILES string of the molecule is C=C(CC(=O)O)C(=O)OC1CCCC1C(F)(F)F. The molecule has 1 saturated carbocycles. The third-order valence-electron chi connectivity index (χ3n) is 2.78. The van der Waals surface area contributed by atoms with E-state index in [1.165, 1.54) is 0 Å². The van der Waals surface area contributed by atoms with Crippen molar-refractivity contribution in [3.8, 4) is 0 Å². The minimum Gasteiger partial charge on any atom is -0.481 e. The van der Waals surface area contributed by atoms with Crippen molar-refractivity contribution in [2.75, 3.05) is 0 Å². The van der Waals surface area contributed by atoms with Crippen molar-refractivity contribution in [2.24, 2.45) is 5.92 Å². The van der Waals surface area contributed by atoms with Crippen molar-refractivity contribution in [1.82, 2.24) is 0 Å². The summed E-state index contributed by atoms with van der Waals surface area (Å²) in [6.45, 7) is 3.19. The van der Waals surface area contributed by atoms with Gasteiger partial charge in [0.05, 0.1) is 12.3 Å². The zero-order valence-electron chi connectivity index (χ0n) is 9.50. The Hall–Kier alpha value is -1.53. The van der Waals surface area contributed by atoms with E-state index < -0.39 is 36.6 Å². The van der Waals surface area contributed by atoms with Gasteiger partial charge in [-0.3, -0.25) is 4.79 Å². The number of hydrogen-bond acceptors (Lipinski definition) is 3. The summed E-state index contributed by atoms with van der Waals surface area (Å²) in [6.07, 6.45) is -5.89. The van der Waals surface area contributed by atoms with E-state index >= 15 is 0 Å². The van der Waals surface area contributed by atoms with Crippen molar-refractivity contribution < 1.29 is 32.6 Å². The maximum Gasteiger partial charge on any atom is 0.395 e. The van der Waals surface area contributed by atoms with Crippen LogP contribution in [0.25, 0.3) is 0 Å². The molecule has 2 unspecified atom stereocenters. The Morgan fingerprint density at radius 3 is 2.44 bits per heavy atom. The van der Waals surface area contributed by atoms with Crippen LogP contribution in [0, 0.1) is 5.92 Å². The minimum atomic E-state index is -4.41. The Morgan fingerprint density at radius 2 is 1.94 bits per heavy atom. The van der Waals surface area contributed by atoms with Crippen LogP contribution >= 0.6 is 0 Å². The molecule has 1 rings (SSSR count). The van der Waals surface area contributed by atoms with Crippen molar-refractivity contribution in [3.05, 3.63) is 12.2 Å². The molecule has 102 valence electrons. The van der Waals surface area contributed by atoms with Crippen LogP contribution in [0.3, 0.4) is 0 Å². The van der Waals surface area contributed by atoms with E-state index in [4.69, 9.17) is 9.84 Å². The summed E-state index contributed by atoms with van der Waals surface area (Å²) in [6, 6.07) is 0. The zero-order valence-corrected chi connectivity index (χ0v) is 9.50. The lowest BCUT2D eigenvalue weighted by molar-refractivity contribution is -0.200. The van der Waals surface area contributed by atoms with Crippen LogP contribution in [0.1, 0.15) is 25.7 Å². The van der Waals surface area contributed by atoms with Gasteiger partial charge in [0.1, 0.15) is 6.10 Å². The van der Waals surface area contributed by atoms with Crippen molar-refractivity contribution in [3.63, 3.8) is 0 Å². The standard InChI is InChI=1S/C11H13F3O4/c1-6(5-9(15)16)10(17)18-8-4-2-3-7(8)11(12,13)14/h7-8H,1-5H2,(H,15,16). The third-order valence-corrected chi connectivity index (χ3v) is 2.78. The van der Waals surface area contributed by atoms with Crippen LogP contribution in [0.5, 0.6) is 0 Å². The molecular weight excluding hydrogens is 253 g/mol. The Bertz CT molecular complexity index is 362. The Labute approximate surface area is 101 Å². The molecule has 18 heavy (non-hydrogen) atoms. The molecule has 1 fully saturated rings. The number of carbonyl (C=O) groups excluding carboxylic acids is 1. The van der Waals surface area contributed by atoms with E-state index in [1.807, 2.05) is 0 Å². The molecule has 0 amide bonds. The van der Waals surface area contributed by atoms with E-state index in [0.717, 1.165) is 0 Å². The summed E-state index contributed by atoms with van der Waals surface area (Å²) in [5.74, 6) is -4.02.